The summed E-state index contributed by atoms with van der Waals surface area (Å²) in [4.78, 5) is 8.44. The molecule has 0 bridgehead atoms. The van der Waals surface area contributed by atoms with E-state index in [0.29, 0.717) is 11.1 Å². The number of hydrogen-bond donors (Lipinski definition) is 1. The zero-order valence-electron chi connectivity index (χ0n) is 11.7. The normalized spacial score (nSPS) is 22.3. The van der Waals surface area contributed by atoms with E-state index in [2.05, 4.69) is 15.3 Å². The largest absolute Gasteiger partial charge is 0.366 e. The average molecular weight is 298 g/mol. The highest BCUT2D eigenvalue weighted by molar-refractivity contribution is 6.33. The Bertz CT molecular complexity index is 467. The SMILES string of the molecule is CCc1ncnc(NC2CCC3(CC2)OCCO3)c1Cl. The van der Waals surface area contributed by atoms with Crippen molar-refractivity contribution in [2.75, 3.05) is 18.5 Å². The Morgan fingerprint density at radius 1 is 1.30 bits per heavy atom. The van der Waals surface area contributed by atoms with Gasteiger partial charge in [0.2, 0.25) is 0 Å². The molecule has 1 spiro atoms. The molecule has 2 heterocycles. The number of nitrogens with one attached hydrogen (secondary N) is 1. The topological polar surface area (TPSA) is 56.3 Å². The molecule has 0 amide bonds. The van der Waals surface area contributed by atoms with E-state index in [1.54, 1.807) is 6.33 Å². The van der Waals surface area contributed by atoms with Crippen LogP contribution in [-0.2, 0) is 15.9 Å². The van der Waals surface area contributed by atoms with Crippen molar-refractivity contribution in [2.45, 2.75) is 50.9 Å². The summed E-state index contributed by atoms with van der Waals surface area (Å²) in [5.74, 6) is 0.426. The summed E-state index contributed by atoms with van der Waals surface area (Å²) in [6.07, 6.45) is 6.23. The standard InChI is InChI=1S/C14H20ClN3O2/c1-2-11-12(15)13(17-9-16-11)18-10-3-5-14(6-4-10)19-7-8-20-14/h9-10H,2-8H2,1H3,(H,16,17,18). The van der Waals surface area contributed by atoms with Crippen molar-refractivity contribution in [3.8, 4) is 0 Å². The number of halogens is 1. The molecule has 0 atom stereocenters. The first kappa shape index (κ1) is 14.0. The monoisotopic (exact) mass is 297 g/mol. The average Bonchev–Trinajstić information content (AvgIpc) is 2.92. The van der Waals surface area contributed by atoms with Crippen LogP contribution in [0.4, 0.5) is 5.82 Å². The Hall–Kier alpha value is -0.910. The summed E-state index contributed by atoms with van der Waals surface area (Å²) in [6, 6.07) is 0.366. The van der Waals surface area contributed by atoms with Gasteiger partial charge < -0.3 is 14.8 Å². The van der Waals surface area contributed by atoms with Crippen LogP contribution in [0.3, 0.4) is 0 Å². The lowest BCUT2D eigenvalue weighted by molar-refractivity contribution is -0.177. The fourth-order valence-electron chi connectivity index (χ4n) is 2.93. The van der Waals surface area contributed by atoms with Crippen LogP contribution < -0.4 is 5.32 Å². The maximum atomic E-state index is 6.31. The minimum Gasteiger partial charge on any atom is -0.366 e. The minimum absolute atomic E-state index is 0.317. The Labute approximate surface area is 124 Å². The fourth-order valence-corrected chi connectivity index (χ4v) is 3.22. The highest BCUT2D eigenvalue weighted by Crippen LogP contribution is 2.37. The molecule has 1 aliphatic carbocycles. The van der Waals surface area contributed by atoms with Crippen LogP contribution in [0.2, 0.25) is 5.02 Å². The van der Waals surface area contributed by atoms with Crippen molar-refractivity contribution < 1.29 is 9.47 Å². The predicted octanol–water partition coefficient (Wildman–Crippen LogP) is 2.79. The Morgan fingerprint density at radius 2 is 2.00 bits per heavy atom. The van der Waals surface area contributed by atoms with E-state index in [9.17, 15) is 0 Å². The van der Waals surface area contributed by atoms with Crippen LogP contribution in [0.5, 0.6) is 0 Å². The van der Waals surface area contributed by atoms with E-state index in [1.807, 2.05) is 6.92 Å². The lowest BCUT2D eigenvalue weighted by atomic mass is 9.90. The quantitative estimate of drug-likeness (QED) is 0.930. The summed E-state index contributed by atoms with van der Waals surface area (Å²) in [6.45, 7) is 3.47. The van der Waals surface area contributed by atoms with E-state index in [1.165, 1.54) is 0 Å². The summed E-state index contributed by atoms with van der Waals surface area (Å²) in [5.41, 5.74) is 0.888. The van der Waals surface area contributed by atoms with Crippen molar-refractivity contribution in [1.29, 1.82) is 0 Å². The smallest absolute Gasteiger partial charge is 0.168 e. The minimum atomic E-state index is -0.317. The maximum absolute atomic E-state index is 6.31. The van der Waals surface area contributed by atoms with E-state index < -0.39 is 0 Å². The summed E-state index contributed by atoms with van der Waals surface area (Å²) in [5, 5.41) is 4.08. The molecule has 2 fully saturated rings. The van der Waals surface area contributed by atoms with Gasteiger partial charge in [-0.05, 0) is 19.3 Å². The van der Waals surface area contributed by atoms with Crippen molar-refractivity contribution in [3.63, 3.8) is 0 Å². The zero-order chi connectivity index (χ0) is 14.0. The third-order valence-corrected chi connectivity index (χ3v) is 4.50. The molecule has 1 aliphatic heterocycles. The second-order valence-corrected chi connectivity index (χ2v) is 5.74. The Balaban J connectivity index is 1.62. The fraction of sp³-hybridized carbons (Fsp3) is 0.714. The summed E-state index contributed by atoms with van der Waals surface area (Å²) in [7, 11) is 0. The van der Waals surface area contributed by atoms with Gasteiger partial charge in [0.1, 0.15) is 17.2 Å². The molecule has 1 aromatic rings. The van der Waals surface area contributed by atoms with Crippen molar-refractivity contribution in [3.05, 3.63) is 17.0 Å². The highest BCUT2D eigenvalue weighted by atomic mass is 35.5. The van der Waals surface area contributed by atoms with Gasteiger partial charge >= 0.3 is 0 Å². The van der Waals surface area contributed by atoms with Crippen molar-refractivity contribution >= 4 is 17.4 Å². The molecule has 1 aromatic heterocycles. The number of nitrogens with zero attached hydrogens (tertiary/aromatic N) is 2. The molecule has 2 aliphatic rings. The van der Waals surface area contributed by atoms with Gasteiger partial charge in [-0.2, -0.15) is 0 Å². The molecular formula is C14H20ClN3O2. The number of aryl methyl sites for hydroxylation is 1. The molecule has 20 heavy (non-hydrogen) atoms. The summed E-state index contributed by atoms with van der Waals surface area (Å²) < 4.78 is 11.5. The number of aromatic nitrogens is 2. The van der Waals surface area contributed by atoms with Gasteiger partial charge in [-0.25, -0.2) is 9.97 Å². The molecule has 110 valence electrons. The van der Waals surface area contributed by atoms with Crippen LogP contribution in [0, 0.1) is 0 Å². The predicted molar refractivity (Wildman–Crippen MR) is 76.9 cm³/mol. The molecule has 3 rings (SSSR count). The number of rotatable bonds is 3. The molecule has 0 radical (unpaired) electrons. The van der Waals surface area contributed by atoms with Gasteiger partial charge in [0.05, 0.1) is 18.9 Å². The van der Waals surface area contributed by atoms with E-state index in [4.69, 9.17) is 21.1 Å². The molecule has 1 N–H and O–H groups in total. The van der Waals surface area contributed by atoms with Gasteiger partial charge in [0, 0.05) is 18.9 Å². The van der Waals surface area contributed by atoms with Gasteiger partial charge in [-0.15, -0.1) is 0 Å². The maximum Gasteiger partial charge on any atom is 0.168 e. The van der Waals surface area contributed by atoms with Gasteiger partial charge in [-0.3, -0.25) is 0 Å². The Morgan fingerprint density at radius 3 is 2.65 bits per heavy atom. The van der Waals surface area contributed by atoms with Crippen LogP contribution >= 0.6 is 11.6 Å². The molecular weight excluding hydrogens is 278 g/mol. The first-order valence-corrected chi connectivity index (χ1v) is 7.64. The lowest BCUT2D eigenvalue weighted by Crippen LogP contribution is -2.39. The van der Waals surface area contributed by atoms with Gasteiger partial charge in [0.15, 0.2) is 5.79 Å². The van der Waals surface area contributed by atoms with E-state index in [0.717, 1.165) is 56.8 Å². The number of hydrogen-bond acceptors (Lipinski definition) is 5. The third kappa shape index (κ3) is 2.75. The van der Waals surface area contributed by atoms with E-state index in [-0.39, 0.29) is 5.79 Å². The first-order valence-electron chi connectivity index (χ1n) is 7.26. The van der Waals surface area contributed by atoms with Crippen LogP contribution in [-0.4, -0.2) is 35.0 Å². The lowest BCUT2D eigenvalue weighted by Gasteiger charge is -2.35. The van der Waals surface area contributed by atoms with Crippen molar-refractivity contribution in [1.82, 2.24) is 9.97 Å². The first-order chi connectivity index (χ1) is 9.72. The van der Waals surface area contributed by atoms with Gasteiger partial charge in [0.25, 0.3) is 0 Å². The molecule has 1 saturated carbocycles. The zero-order valence-corrected chi connectivity index (χ0v) is 12.4. The molecule has 0 aromatic carbocycles. The van der Waals surface area contributed by atoms with Gasteiger partial charge in [-0.1, -0.05) is 18.5 Å². The molecule has 6 heteroatoms. The third-order valence-electron chi connectivity index (χ3n) is 4.10. The second-order valence-electron chi connectivity index (χ2n) is 5.36. The Kier molecular flexibility index (Phi) is 4.10. The number of ether oxygens (including phenoxy) is 2. The molecule has 5 nitrogen and oxygen atoms in total. The molecule has 0 unspecified atom stereocenters. The molecule has 1 saturated heterocycles. The highest BCUT2D eigenvalue weighted by Gasteiger charge is 2.40. The van der Waals surface area contributed by atoms with Crippen LogP contribution in [0.15, 0.2) is 6.33 Å². The summed E-state index contributed by atoms with van der Waals surface area (Å²) >= 11 is 6.31. The van der Waals surface area contributed by atoms with Crippen LogP contribution in [0.25, 0.3) is 0 Å². The number of anilines is 1. The van der Waals surface area contributed by atoms with Crippen molar-refractivity contribution in [2.24, 2.45) is 0 Å². The second kappa shape index (κ2) is 5.84. The van der Waals surface area contributed by atoms with E-state index >= 15 is 0 Å². The van der Waals surface area contributed by atoms with Crippen LogP contribution in [0.1, 0.15) is 38.3 Å².